The van der Waals surface area contributed by atoms with Gasteiger partial charge in [0.2, 0.25) is 0 Å². The van der Waals surface area contributed by atoms with Gasteiger partial charge in [0, 0.05) is 63.6 Å². The summed E-state index contributed by atoms with van der Waals surface area (Å²) >= 11 is 7.36. The predicted octanol–water partition coefficient (Wildman–Crippen LogP) is 9.42. The van der Waals surface area contributed by atoms with Crippen molar-refractivity contribution < 1.29 is 19.1 Å². The molecule has 8 heteroatoms. The van der Waals surface area contributed by atoms with Crippen molar-refractivity contribution in [2.24, 2.45) is 10.8 Å². The first-order valence-corrected chi connectivity index (χ1v) is 17.6. The van der Waals surface area contributed by atoms with E-state index in [0.717, 1.165) is 27.0 Å². The molecule has 3 aromatic rings. The monoisotopic (exact) mass is 758 g/mol. The summed E-state index contributed by atoms with van der Waals surface area (Å²) in [6, 6.07) is 21.6. The van der Waals surface area contributed by atoms with Crippen molar-refractivity contribution in [3.05, 3.63) is 115 Å². The van der Waals surface area contributed by atoms with Crippen LogP contribution >= 0.6 is 31.9 Å². The molecule has 0 spiro atoms. The van der Waals surface area contributed by atoms with Crippen LogP contribution in [0.2, 0.25) is 0 Å². The van der Waals surface area contributed by atoms with Crippen molar-refractivity contribution in [2.75, 3.05) is 11.9 Å². The molecule has 3 aliphatic rings. The molecule has 0 aromatic heterocycles. The van der Waals surface area contributed by atoms with E-state index in [4.69, 9.17) is 4.74 Å². The Kier molecular flexibility index (Phi) is 9.13. The lowest BCUT2D eigenvalue weighted by atomic mass is 9.63. The topological polar surface area (TPSA) is 75.7 Å². The Bertz CT molecular complexity index is 1790. The van der Waals surface area contributed by atoms with Crippen LogP contribution in [0.25, 0.3) is 0 Å². The maximum Gasteiger partial charge on any atom is 0.262 e. The zero-order valence-electron chi connectivity index (χ0n) is 27.5. The highest BCUT2D eigenvalue weighted by molar-refractivity contribution is 9.11. The van der Waals surface area contributed by atoms with Crippen molar-refractivity contribution in [2.45, 2.75) is 72.8 Å². The Morgan fingerprint density at radius 1 is 0.851 bits per heavy atom. The number of benzene rings is 3. The fraction of sp³-hybridized carbons (Fsp3) is 0.359. The number of Topliss-reactive ketones (excluding diaryl/α,β-unsaturated/α-hetero) is 2. The molecule has 0 unspecified atom stereocenters. The third kappa shape index (κ3) is 7.05. The molecule has 6 nitrogen and oxygen atoms in total. The smallest absolute Gasteiger partial charge is 0.262 e. The SMILES string of the molecule is Cc1cccc(NC(=O)COc2c(Br)cc(Br)cc2C2C3=C(CC(C)(C)CC3=O)N(Cc3ccccc3)C3=C2C(=O)CC(C)(C)C3)c1. The van der Waals surface area contributed by atoms with E-state index in [1.54, 1.807) is 0 Å². The van der Waals surface area contributed by atoms with Crippen molar-refractivity contribution in [1.29, 1.82) is 0 Å². The zero-order valence-corrected chi connectivity index (χ0v) is 30.7. The number of rotatable bonds is 7. The molecule has 244 valence electrons. The van der Waals surface area contributed by atoms with E-state index in [9.17, 15) is 14.4 Å². The lowest BCUT2D eigenvalue weighted by molar-refractivity contribution is -0.120. The zero-order chi connectivity index (χ0) is 33.7. The van der Waals surface area contributed by atoms with Gasteiger partial charge < -0.3 is 15.0 Å². The van der Waals surface area contributed by atoms with Gasteiger partial charge in [-0.3, -0.25) is 14.4 Å². The van der Waals surface area contributed by atoms with Crippen LogP contribution in [0.5, 0.6) is 5.75 Å². The van der Waals surface area contributed by atoms with Gasteiger partial charge in [0.05, 0.1) is 4.47 Å². The molecule has 1 aliphatic heterocycles. The van der Waals surface area contributed by atoms with Gasteiger partial charge in [-0.05, 0) is 81.9 Å². The fourth-order valence-corrected chi connectivity index (χ4v) is 8.69. The molecule has 0 saturated heterocycles. The van der Waals surface area contributed by atoms with Crippen LogP contribution in [0.3, 0.4) is 0 Å². The van der Waals surface area contributed by atoms with E-state index in [-0.39, 0.29) is 34.9 Å². The summed E-state index contributed by atoms with van der Waals surface area (Å²) in [6.07, 6.45) is 2.17. The van der Waals surface area contributed by atoms with Crippen LogP contribution in [-0.2, 0) is 20.9 Å². The number of hydrogen-bond acceptors (Lipinski definition) is 5. The number of aryl methyl sites for hydroxylation is 1. The summed E-state index contributed by atoms with van der Waals surface area (Å²) in [4.78, 5) is 44.1. The number of nitrogens with zero attached hydrogens (tertiary/aromatic N) is 1. The molecule has 1 N–H and O–H groups in total. The number of halogens is 2. The summed E-state index contributed by atoms with van der Waals surface area (Å²) in [5.41, 5.74) is 6.31. The average Bonchev–Trinajstić information content (AvgIpc) is 2.96. The summed E-state index contributed by atoms with van der Waals surface area (Å²) < 4.78 is 7.72. The van der Waals surface area contributed by atoms with E-state index in [0.29, 0.717) is 64.8 Å². The van der Waals surface area contributed by atoms with E-state index < -0.39 is 5.92 Å². The number of hydrogen-bond donors (Lipinski definition) is 1. The number of allylic oxidation sites excluding steroid dienone is 4. The molecule has 1 amide bonds. The second-order valence-electron chi connectivity index (χ2n) is 14.6. The molecule has 0 atom stereocenters. The van der Waals surface area contributed by atoms with Gasteiger partial charge in [-0.1, -0.05) is 86.1 Å². The van der Waals surface area contributed by atoms with E-state index >= 15 is 0 Å². The van der Waals surface area contributed by atoms with E-state index in [1.807, 2.05) is 61.5 Å². The van der Waals surface area contributed by atoms with Gasteiger partial charge in [-0.2, -0.15) is 0 Å². The summed E-state index contributed by atoms with van der Waals surface area (Å²) in [7, 11) is 0. The molecule has 0 bridgehead atoms. The number of anilines is 1. The Balaban J connectivity index is 1.49. The third-order valence-corrected chi connectivity index (χ3v) is 10.2. The van der Waals surface area contributed by atoms with Crippen molar-refractivity contribution in [3.63, 3.8) is 0 Å². The number of carbonyl (C=O) groups excluding carboxylic acids is 3. The van der Waals surface area contributed by atoms with Crippen LogP contribution < -0.4 is 10.1 Å². The Morgan fingerprint density at radius 2 is 1.47 bits per heavy atom. The first-order chi connectivity index (χ1) is 22.2. The molecule has 0 saturated carbocycles. The molecule has 3 aromatic carbocycles. The number of nitrogens with one attached hydrogen (secondary N) is 1. The quantitative estimate of drug-likeness (QED) is 0.260. The number of amides is 1. The van der Waals surface area contributed by atoms with Gasteiger partial charge in [0.1, 0.15) is 5.75 Å². The molecule has 0 radical (unpaired) electrons. The standard InChI is InChI=1S/C39H40Br2N2O4/c1-23-10-9-13-26(14-23)42-33(46)22-47-37-27(15-25(40)16-28(37)41)34-35-29(17-38(2,3)19-31(35)44)43(21-24-11-7-6-8-12-24)30-18-39(4,5)20-32(45)36(30)34/h6-16,34H,17-22H2,1-5H3,(H,42,46). The highest BCUT2D eigenvalue weighted by Gasteiger charge is 2.49. The first-order valence-electron chi connectivity index (χ1n) is 16.0. The van der Waals surface area contributed by atoms with Gasteiger partial charge in [0.15, 0.2) is 18.2 Å². The maximum absolute atomic E-state index is 14.4. The van der Waals surface area contributed by atoms with Crippen molar-refractivity contribution in [3.8, 4) is 5.75 Å². The minimum Gasteiger partial charge on any atom is -0.482 e. The van der Waals surface area contributed by atoms with Gasteiger partial charge in [0.25, 0.3) is 5.91 Å². The van der Waals surface area contributed by atoms with Gasteiger partial charge in [-0.25, -0.2) is 0 Å². The molecule has 1 heterocycles. The molecule has 6 rings (SSSR count). The van der Waals surface area contributed by atoms with Crippen molar-refractivity contribution in [1.82, 2.24) is 4.90 Å². The Labute approximate surface area is 293 Å². The lowest BCUT2D eigenvalue weighted by Gasteiger charge is -2.49. The van der Waals surface area contributed by atoms with Crippen molar-refractivity contribution >= 4 is 55.0 Å². The summed E-state index contributed by atoms with van der Waals surface area (Å²) in [5, 5.41) is 2.91. The van der Waals surface area contributed by atoms with E-state index in [2.05, 4.69) is 81.9 Å². The molecular weight excluding hydrogens is 720 g/mol. The second kappa shape index (κ2) is 12.8. The van der Waals surface area contributed by atoms with Gasteiger partial charge >= 0.3 is 0 Å². The molecule has 0 fully saturated rings. The molecular formula is C39H40Br2N2O4. The van der Waals surface area contributed by atoms with Crippen LogP contribution in [0.15, 0.2) is 98.2 Å². The lowest BCUT2D eigenvalue weighted by Crippen LogP contribution is -2.44. The maximum atomic E-state index is 14.4. The summed E-state index contributed by atoms with van der Waals surface area (Å²) in [5.74, 6) is -0.392. The second-order valence-corrected chi connectivity index (χ2v) is 16.4. The van der Waals surface area contributed by atoms with Crippen LogP contribution in [0.1, 0.15) is 76.0 Å². The molecule has 47 heavy (non-hydrogen) atoms. The average molecular weight is 761 g/mol. The number of ketones is 2. The van der Waals surface area contributed by atoms with Crippen LogP contribution in [0.4, 0.5) is 5.69 Å². The minimum absolute atomic E-state index is 0.0442. The molecule has 2 aliphatic carbocycles. The minimum atomic E-state index is -0.622. The Morgan fingerprint density at radius 3 is 2.06 bits per heavy atom. The predicted molar refractivity (Wildman–Crippen MR) is 192 cm³/mol. The van der Waals surface area contributed by atoms with Gasteiger partial charge in [-0.15, -0.1) is 0 Å². The third-order valence-electron chi connectivity index (χ3n) is 9.20. The highest BCUT2D eigenvalue weighted by atomic mass is 79.9. The summed E-state index contributed by atoms with van der Waals surface area (Å²) in [6.45, 7) is 10.9. The van der Waals surface area contributed by atoms with Crippen LogP contribution in [-0.4, -0.2) is 29.0 Å². The normalized spacial score (nSPS) is 19.0. The first kappa shape index (κ1) is 33.4. The van der Waals surface area contributed by atoms with E-state index in [1.165, 1.54) is 0 Å². The number of carbonyl (C=O) groups is 3. The number of ether oxygens (including phenoxy) is 1. The van der Waals surface area contributed by atoms with Crippen LogP contribution in [0, 0.1) is 17.8 Å². The Hall–Kier alpha value is -3.49. The fourth-order valence-electron chi connectivity index (χ4n) is 7.32. The highest BCUT2D eigenvalue weighted by Crippen LogP contribution is 2.56. The largest absolute Gasteiger partial charge is 0.482 e.